The Morgan fingerprint density at radius 1 is 1.31 bits per heavy atom. The lowest BCUT2D eigenvalue weighted by Crippen LogP contribution is -2.17. The van der Waals surface area contributed by atoms with Crippen LogP contribution in [0.5, 0.6) is 0 Å². The summed E-state index contributed by atoms with van der Waals surface area (Å²) in [5, 5.41) is -0.244. The molecule has 0 fully saturated rings. The van der Waals surface area contributed by atoms with Gasteiger partial charge in [-0.3, -0.25) is 4.79 Å². The van der Waals surface area contributed by atoms with Gasteiger partial charge in [-0.15, -0.1) is 0 Å². The summed E-state index contributed by atoms with van der Waals surface area (Å²) in [7, 11) is 0. The lowest BCUT2D eigenvalue weighted by molar-refractivity contribution is -0.143. The molecular formula is C10H20O2S. The van der Waals surface area contributed by atoms with Crippen LogP contribution in [0, 0.1) is 0 Å². The van der Waals surface area contributed by atoms with E-state index in [1.165, 1.54) is 12.8 Å². The zero-order chi connectivity index (χ0) is 10.1. The molecule has 0 aliphatic rings. The molecule has 1 unspecified atom stereocenters. The third-order valence-corrected chi connectivity index (χ3v) is 2.48. The highest BCUT2D eigenvalue weighted by atomic mass is 32.1. The van der Waals surface area contributed by atoms with Crippen molar-refractivity contribution in [3.05, 3.63) is 0 Å². The van der Waals surface area contributed by atoms with Crippen molar-refractivity contribution >= 4 is 18.6 Å². The molecular weight excluding hydrogens is 184 g/mol. The average Bonchev–Trinajstić information content (AvgIpc) is 2.16. The standard InChI is InChI=1S/C10H20O2S/c1-3-5-6-7-8-12-10(11)9(13)4-2/h9,13H,3-8H2,1-2H3. The van der Waals surface area contributed by atoms with Gasteiger partial charge in [0.25, 0.3) is 0 Å². The molecule has 0 spiro atoms. The van der Waals surface area contributed by atoms with Crippen LogP contribution in [0.1, 0.15) is 46.0 Å². The molecule has 2 nitrogen and oxygen atoms in total. The van der Waals surface area contributed by atoms with Crippen LogP contribution in [0.25, 0.3) is 0 Å². The largest absolute Gasteiger partial charge is 0.465 e. The summed E-state index contributed by atoms with van der Waals surface area (Å²) in [5.41, 5.74) is 0. The van der Waals surface area contributed by atoms with E-state index in [0.717, 1.165) is 19.3 Å². The van der Waals surface area contributed by atoms with Crippen molar-refractivity contribution in [1.29, 1.82) is 0 Å². The highest BCUT2D eigenvalue weighted by Crippen LogP contribution is 2.04. The summed E-state index contributed by atoms with van der Waals surface area (Å²) in [5.74, 6) is -0.178. The minimum Gasteiger partial charge on any atom is -0.465 e. The molecule has 0 bridgehead atoms. The first kappa shape index (κ1) is 12.8. The highest BCUT2D eigenvalue weighted by molar-refractivity contribution is 7.81. The lowest BCUT2D eigenvalue weighted by Gasteiger charge is -2.07. The Morgan fingerprint density at radius 3 is 2.54 bits per heavy atom. The van der Waals surface area contributed by atoms with Crippen LogP contribution >= 0.6 is 12.6 Å². The second-order valence-corrected chi connectivity index (χ2v) is 3.78. The number of thiol groups is 1. The van der Waals surface area contributed by atoms with Gasteiger partial charge in [0.1, 0.15) is 0 Å². The van der Waals surface area contributed by atoms with E-state index in [-0.39, 0.29) is 11.2 Å². The first-order chi connectivity index (χ1) is 6.22. The van der Waals surface area contributed by atoms with E-state index in [2.05, 4.69) is 19.6 Å². The molecule has 0 N–H and O–H groups in total. The molecule has 0 saturated carbocycles. The Bertz CT molecular complexity index is 137. The van der Waals surface area contributed by atoms with Gasteiger partial charge >= 0.3 is 5.97 Å². The van der Waals surface area contributed by atoms with Crippen molar-refractivity contribution in [3.8, 4) is 0 Å². The number of carbonyl (C=O) groups excluding carboxylic acids is 1. The van der Waals surface area contributed by atoms with Crippen molar-refractivity contribution in [2.24, 2.45) is 0 Å². The number of hydrogen-bond donors (Lipinski definition) is 1. The third-order valence-electron chi connectivity index (χ3n) is 1.90. The second-order valence-electron chi connectivity index (χ2n) is 3.15. The quantitative estimate of drug-likeness (QED) is 0.392. The number of hydrogen-bond acceptors (Lipinski definition) is 3. The van der Waals surface area contributed by atoms with Crippen LogP contribution in [-0.4, -0.2) is 17.8 Å². The summed E-state index contributed by atoms with van der Waals surface area (Å²) < 4.78 is 5.03. The second kappa shape index (κ2) is 8.42. The summed E-state index contributed by atoms with van der Waals surface area (Å²) in [6, 6.07) is 0. The monoisotopic (exact) mass is 204 g/mol. The van der Waals surface area contributed by atoms with Crippen LogP contribution in [0.2, 0.25) is 0 Å². The van der Waals surface area contributed by atoms with E-state index in [4.69, 9.17) is 4.74 Å². The van der Waals surface area contributed by atoms with Crippen molar-refractivity contribution < 1.29 is 9.53 Å². The van der Waals surface area contributed by atoms with Gasteiger partial charge in [-0.2, -0.15) is 12.6 Å². The fraction of sp³-hybridized carbons (Fsp3) is 0.900. The molecule has 0 saturated heterocycles. The predicted octanol–water partition coefficient (Wildman–Crippen LogP) is 2.82. The van der Waals surface area contributed by atoms with Crippen LogP contribution in [0.3, 0.4) is 0 Å². The topological polar surface area (TPSA) is 26.3 Å². The maximum absolute atomic E-state index is 11.1. The van der Waals surface area contributed by atoms with E-state index in [9.17, 15) is 4.79 Å². The Hall–Kier alpha value is -0.180. The van der Waals surface area contributed by atoms with Crippen LogP contribution < -0.4 is 0 Å². The molecule has 0 amide bonds. The molecule has 0 aliphatic heterocycles. The summed E-state index contributed by atoms with van der Waals surface area (Å²) in [4.78, 5) is 11.1. The van der Waals surface area contributed by atoms with Crippen molar-refractivity contribution in [3.63, 3.8) is 0 Å². The number of ether oxygens (including phenoxy) is 1. The number of carbonyl (C=O) groups is 1. The van der Waals surface area contributed by atoms with Crippen LogP contribution in [0.15, 0.2) is 0 Å². The Balaban J connectivity index is 3.27. The summed E-state index contributed by atoms with van der Waals surface area (Å²) >= 11 is 4.09. The Morgan fingerprint density at radius 2 is 2.00 bits per heavy atom. The predicted molar refractivity (Wildman–Crippen MR) is 58.2 cm³/mol. The SMILES string of the molecule is CCCCCCOC(=O)C(S)CC. The zero-order valence-corrected chi connectivity index (χ0v) is 9.48. The van der Waals surface area contributed by atoms with E-state index in [0.29, 0.717) is 6.61 Å². The fourth-order valence-corrected chi connectivity index (χ4v) is 1.04. The van der Waals surface area contributed by atoms with Gasteiger partial charge in [0.15, 0.2) is 0 Å². The van der Waals surface area contributed by atoms with Gasteiger partial charge in [-0.1, -0.05) is 33.1 Å². The normalized spacial score (nSPS) is 12.5. The zero-order valence-electron chi connectivity index (χ0n) is 8.58. The number of unbranched alkanes of at least 4 members (excludes halogenated alkanes) is 3. The molecule has 0 aliphatic carbocycles. The Labute approximate surface area is 86.5 Å². The third kappa shape index (κ3) is 6.94. The van der Waals surface area contributed by atoms with Crippen LogP contribution in [0.4, 0.5) is 0 Å². The first-order valence-corrected chi connectivity index (χ1v) is 5.58. The van der Waals surface area contributed by atoms with E-state index in [1.54, 1.807) is 0 Å². The van der Waals surface area contributed by atoms with Gasteiger partial charge in [0.2, 0.25) is 0 Å². The van der Waals surface area contributed by atoms with Gasteiger partial charge in [-0.05, 0) is 12.8 Å². The van der Waals surface area contributed by atoms with Crippen molar-refractivity contribution in [2.45, 2.75) is 51.2 Å². The van der Waals surface area contributed by atoms with Gasteiger partial charge in [-0.25, -0.2) is 0 Å². The summed E-state index contributed by atoms with van der Waals surface area (Å²) in [6.07, 6.45) is 5.28. The van der Waals surface area contributed by atoms with E-state index >= 15 is 0 Å². The van der Waals surface area contributed by atoms with E-state index < -0.39 is 0 Å². The maximum atomic E-state index is 11.1. The van der Waals surface area contributed by atoms with Crippen LogP contribution in [-0.2, 0) is 9.53 Å². The first-order valence-electron chi connectivity index (χ1n) is 5.07. The maximum Gasteiger partial charge on any atom is 0.318 e. The molecule has 0 aromatic carbocycles. The minimum atomic E-state index is -0.244. The number of esters is 1. The van der Waals surface area contributed by atoms with Gasteiger partial charge in [0.05, 0.1) is 11.9 Å². The molecule has 0 radical (unpaired) electrons. The smallest absolute Gasteiger partial charge is 0.318 e. The summed E-state index contributed by atoms with van der Waals surface area (Å²) in [6.45, 7) is 4.64. The minimum absolute atomic E-state index is 0.178. The van der Waals surface area contributed by atoms with E-state index in [1.807, 2.05) is 6.92 Å². The van der Waals surface area contributed by atoms with Gasteiger partial charge < -0.3 is 4.74 Å². The molecule has 78 valence electrons. The van der Waals surface area contributed by atoms with Crippen molar-refractivity contribution in [1.82, 2.24) is 0 Å². The molecule has 3 heteroatoms. The lowest BCUT2D eigenvalue weighted by atomic mass is 10.2. The fourth-order valence-electron chi connectivity index (χ4n) is 0.964. The highest BCUT2D eigenvalue weighted by Gasteiger charge is 2.11. The molecule has 0 aromatic heterocycles. The number of rotatable bonds is 7. The molecule has 0 aromatic rings. The Kier molecular flexibility index (Phi) is 8.30. The van der Waals surface area contributed by atoms with Gasteiger partial charge in [0, 0.05) is 0 Å². The molecule has 0 heterocycles. The molecule has 1 atom stereocenters. The molecule has 0 rings (SSSR count). The van der Waals surface area contributed by atoms with Crippen molar-refractivity contribution in [2.75, 3.05) is 6.61 Å². The average molecular weight is 204 g/mol. The molecule has 13 heavy (non-hydrogen) atoms.